The highest BCUT2D eigenvalue weighted by atomic mass is 32.1. The van der Waals surface area contributed by atoms with Gasteiger partial charge in [-0.15, -0.1) is 11.3 Å². The van der Waals surface area contributed by atoms with Crippen molar-refractivity contribution in [1.29, 1.82) is 0 Å². The van der Waals surface area contributed by atoms with Gasteiger partial charge in [0.1, 0.15) is 0 Å². The first-order valence-electron chi connectivity index (χ1n) is 9.72. The smallest absolute Gasteiger partial charge is 0.269 e. The van der Waals surface area contributed by atoms with Crippen molar-refractivity contribution in [3.05, 3.63) is 63.7 Å². The fourth-order valence-corrected chi connectivity index (χ4v) is 4.58. The number of aryl methyl sites for hydroxylation is 1. The lowest BCUT2D eigenvalue weighted by Gasteiger charge is -2.36. The minimum Gasteiger partial charge on any atom is -0.368 e. The van der Waals surface area contributed by atoms with E-state index in [1.165, 1.54) is 16.8 Å². The number of para-hydroxylation sites is 1. The van der Waals surface area contributed by atoms with Gasteiger partial charge in [0.05, 0.1) is 20.1 Å². The highest BCUT2D eigenvalue weighted by Crippen LogP contribution is 2.23. The number of nitrogens with zero attached hydrogens (tertiary/aromatic N) is 4. The first-order chi connectivity index (χ1) is 14.1. The van der Waals surface area contributed by atoms with Crippen LogP contribution in [-0.2, 0) is 11.2 Å². The molecule has 29 heavy (non-hydrogen) atoms. The SMILES string of the molecule is O=C(CCCc1nc2ccccc2s1)N1CCN(c2ccc([N+](=O)[O-])cc2)CC1. The molecule has 1 aliphatic heterocycles. The number of benzene rings is 2. The molecule has 0 bridgehead atoms. The number of nitro groups is 1. The molecule has 8 heteroatoms. The van der Waals surface area contributed by atoms with Gasteiger partial charge in [-0.25, -0.2) is 4.98 Å². The third-order valence-corrected chi connectivity index (χ3v) is 6.27. The van der Waals surface area contributed by atoms with Gasteiger partial charge < -0.3 is 9.80 Å². The van der Waals surface area contributed by atoms with Crippen molar-refractivity contribution in [3.63, 3.8) is 0 Å². The van der Waals surface area contributed by atoms with Crippen LogP contribution in [0.25, 0.3) is 10.2 Å². The lowest BCUT2D eigenvalue weighted by molar-refractivity contribution is -0.384. The second-order valence-corrected chi connectivity index (χ2v) is 8.19. The lowest BCUT2D eigenvalue weighted by atomic mass is 10.2. The average Bonchev–Trinajstić information content (AvgIpc) is 3.16. The van der Waals surface area contributed by atoms with E-state index >= 15 is 0 Å². The van der Waals surface area contributed by atoms with Gasteiger partial charge in [-0.1, -0.05) is 12.1 Å². The van der Waals surface area contributed by atoms with Gasteiger partial charge >= 0.3 is 0 Å². The van der Waals surface area contributed by atoms with Crippen molar-refractivity contribution >= 4 is 38.8 Å². The van der Waals surface area contributed by atoms with Crippen LogP contribution in [0.3, 0.4) is 0 Å². The van der Waals surface area contributed by atoms with Crippen LogP contribution in [0.15, 0.2) is 48.5 Å². The van der Waals surface area contributed by atoms with Gasteiger partial charge in [-0.3, -0.25) is 14.9 Å². The van der Waals surface area contributed by atoms with Crippen molar-refractivity contribution in [2.45, 2.75) is 19.3 Å². The summed E-state index contributed by atoms with van der Waals surface area (Å²) in [5.41, 5.74) is 2.08. The topological polar surface area (TPSA) is 79.6 Å². The Morgan fingerprint density at radius 3 is 2.48 bits per heavy atom. The molecular formula is C21H22N4O3S. The maximum atomic E-state index is 12.5. The highest BCUT2D eigenvalue weighted by molar-refractivity contribution is 7.18. The van der Waals surface area contributed by atoms with E-state index in [-0.39, 0.29) is 11.6 Å². The maximum absolute atomic E-state index is 12.5. The number of aromatic nitrogens is 1. The Kier molecular flexibility index (Phi) is 5.71. The number of piperazine rings is 1. The van der Waals surface area contributed by atoms with Crippen LogP contribution in [0.1, 0.15) is 17.8 Å². The molecule has 150 valence electrons. The Hall–Kier alpha value is -3.00. The Balaban J connectivity index is 1.24. The minimum absolute atomic E-state index is 0.0932. The molecule has 2 aromatic carbocycles. The zero-order chi connectivity index (χ0) is 20.2. The number of thiazole rings is 1. The summed E-state index contributed by atoms with van der Waals surface area (Å²) in [5.74, 6) is 0.189. The zero-order valence-electron chi connectivity index (χ0n) is 16.0. The quantitative estimate of drug-likeness (QED) is 0.455. The van der Waals surface area contributed by atoms with E-state index in [1.807, 2.05) is 23.1 Å². The summed E-state index contributed by atoms with van der Waals surface area (Å²) in [6.07, 6.45) is 2.17. The molecule has 0 radical (unpaired) electrons. The fraction of sp³-hybridized carbons (Fsp3) is 0.333. The first kappa shape index (κ1) is 19.3. The number of hydrogen-bond donors (Lipinski definition) is 0. The molecule has 0 spiro atoms. The molecule has 0 N–H and O–H groups in total. The van der Waals surface area contributed by atoms with E-state index in [0.29, 0.717) is 19.5 Å². The molecule has 0 saturated carbocycles. The van der Waals surface area contributed by atoms with Gasteiger partial charge in [-0.05, 0) is 37.1 Å². The summed E-state index contributed by atoms with van der Waals surface area (Å²) in [6.45, 7) is 2.83. The third kappa shape index (κ3) is 4.54. The Morgan fingerprint density at radius 2 is 1.79 bits per heavy atom. The summed E-state index contributed by atoms with van der Waals surface area (Å²) in [4.78, 5) is 31.6. The number of rotatable bonds is 6. The summed E-state index contributed by atoms with van der Waals surface area (Å²) in [7, 11) is 0. The predicted octanol–water partition coefficient (Wildman–Crippen LogP) is 3.88. The van der Waals surface area contributed by atoms with E-state index in [0.717, 1.165) is 42.1 Å². The van der Waals surface area contributed by atoms with E-state index in [9.17, 15) is 14.9 Å². The largest absolute Gasteiger partial charge is 0.368 e. The molecule has 1 amide bonds. The Bertz CT molecular complexity index is 977. The Morgan fingerprint density at radius 1 is 1.07 bits per heavy atom. The number of anilines is 1. The fourth-order valence-electron chi connectivity index (χ4n) is 3.58. The normalized spacial score (nSPS) is 14.3. The van der Waals surface area contributed by atoms with Crippen molar-refractivity contribution in [2.75, 3.05) is 31.1 Å². The molecule has 0 unspecified atom stereocenters. The maximum Gasteiger partial charge on any atom is 0.269 e. The van der Waals surface area contributed by atoms with Gasteiger partial charge in [0.25, 0.3) is 5.69 Å². The number of nitro benzene ring substituents is 1. The highest BCUT2D eigenvalue weighted by Gasteiger charge is 2.21. The molecule has 3 aromatic rings. The van der Waals surface area contributed by atoms with Gasteiger partial charge in [0.2, 0.25) is 5.91 Å². The van der Waals surface area contributed by atoms with Crippen LogP contribution in [0.5, 0.6) is 0 Å². The molecule has 1 aliphatic rings. The molecule has 0 atom stereocenters. The monoisotopic (exact) mass is 410 g/mol. The summed E-state index contributed by atoms with van der Waals surface area (Å²) >= 11 is 1.70. The van der Waals surface area contributed by atoms with Crippen molar-refractivity contribution < 1.29 is 9.72 Å². The number of fused-ring (bicyclic) bond motifs is 1. The van der Waals surface area contributed by atoms with Crippen LogP contribution >= 0.6 is 11.3 Å². The summed E-state index contributed by atoms with van der Waals surface area (Å²) in [5, 5.41) is 11.9. The van der Waals surface area contributed by atoms with Crippen molar-refractivity contribution in [2.24, 2.45) is 0 Å². The van der Waals surface area contributed by atoms with E-state index < -0.39 is 4.92 Å². The lowest BCUT2D eigenvalue weighted by Crippen LogP contribution is -2.48. The average molecular weight is 410 g/mol. The van der Waals surface area contributed by atoms with Gasteiger partial charge in [-0.2, -0.15) is 0 Å². The molecule has 4 rings (SSSR count). The molecular weight excluding hydrogens is 388 g/mol. The van der Waals surface area contributed by atoms with Gasteiger partial charge in [0.15, 0.2) is 0 Å². The molecule has 1 aromatic heterocycles. The van der Waals surface area contributed by atoms with E-state index in [1.54, 1.807) is 23.5 Å². The number of carbonyl (C=O) groups excluding carboxylic acids is 1. The van der Waals surface area contributed by atoms with Crippen molar-refractivity contribution in [3.8, 4) is 0 Å². The number of amides is 1. The first-order valence-corrected chi connectivity index (χ1v) is 10.5. The van der Waals surface area contributed by atoms with Crippen LogP contribution in [0, 0.1) is 10.1 Å². The standard InChI is InChI=1S/C21H22N4O3S/c26-21(7-3-6-20-22-18-4-1-2-5-19(18)29-20)24-14-12-23(13-15-24)16-8-10-17(11-9-16)25(27)28/h1-2,4-5,8-11H,3,6-7,12-15H2. The number of non-ortho nitro benzene ring substituents is 1. The molecule has 2 heterocycles. The number of carbonyl (C=O) groups is 1. The van der Waals surface area contributed by atoms with E-state index in [4.69, 9.17) is 0 Å². The second kappa shape index (κ2) is 8.57. The summed E-state index contributed by atoms with van der Waals surface area (Å²) in [6, 6.07) is 14.7. The predicted molar refractivity (Wildman–Crippen MR) is 114 cm³/mol. The van der Waals surface area contributed by atoms with Crippen LogP contribution < -0.4 is 4.90 Å². The minimum atomic E-state index is -0.394. The molecule has 1 saturated heterocycles. The van der Waals surface area contributed by atoms with Crippen LogP contribution in [0.4, 0.5) is 11.4 Å². The molecule has 0 aliphatic carbocycles. The second-order valence-electron chi connectivity index (χ2n) is 7.07. The zero-order valence-corrected chi connectivity index (χ0v) is 16.8. The Labute approximate surface area is 172 Å². The van der Waals surface area contributed by atoms with Gasteiger partial charge in [0, 0.05) is 50.4 Å². The summed E-state index contributed by atoms with van der Waals surface area (Å²) < 4.78 is 1.19. The van der Waals surface area contributed by atoms with Crippen LogP contribution in [0.2, 0.25) is 0 Å². The molecule has 7 nitrogen and oxygen atoms in total. The van der Waals surface area contributed by atoms with Crippen LogP contribution in [-0.4, -0.2) is 46.9 Å². The van der Waals surface area contributed by atoms with E-state index in [2.05, 4.69) is 16.0 Å². The molecule has 1 fully saturated rings. The number of hydrogen-bond acceptors (Lipinski definition) is 6. The van der Waals surface area contributed by atoms with Crippen molar-refractivity contribution in [1.82, 2.24) is 9.88 Å². The third-order valence-electron chi connectivity index (χ3n) is 5.18.